The van der Waals surface area contributed by atoms with Crippen LogP contribution in [0.1, 0.15) is 27.4 Å². The number of halogens is 1. The van der Waals surface area contributed by atoms with Gasteiger partial charge in [0, 0.05) is 31.1 Å². The summed E-state index contributed by atoms with van der Waals surface area (Å²) in [7, 11) is 1.58. The highest BCUT2D eigenvalue weighted by Gasteiger charge is 2.40. The summed E-state index contributed by atoms with van der Waals surface area (Å²) in [5.74, 6) is -0.335. The predicted molar refractivity (Wildman–Crippen MR) is 120 cm³/mol. The largest absolute Gasteiger partial charge is 0.497 e. The molecule has 0 bridgehead atoms. The summed E-state index contributed by atoms with van der Waals surface area (Å²) >= 11 is 0. The number of methoxy groups -OCH3 is 1. The molecule has 0 saturated carbocycles. The van der Waals surface area contributed by atoms with Gasteiger partial charge in [-0.25, -0.2) is 4.39 Å². The highest BCUT2D eigenvalue weighted by atomic mass is 19.1. The van der Waals surface area contributed by atoms with E-state index in [1.165, 1.54) is 12.1 Å². The van der Waals surface area contributed by atoms with Crippen molar-refractivity contribution in [2.24, 2.45) is 5.92 Å². The van der Waals surface area contributed by atoms with Crippen molar-refractivity contribution in [1.82, 2.24) is 10.2 Å². The Morgan fingerprint density at radius 2 is 1.66 bits per heavy atom. The van der Waals surface area contributed by atoms with Gasteiger partial charge >= 0.3 is 0 Å². The molecule has 3 aromatic rings. The van der Waals surface area contributed by atoms with E-state index in [2.05, 4.69) is 5.32 Å². The normalized spacial score (nSPS) is 17.8. The van der Waals surface area contributed by atoms with Gasteiger partial charge in [-0.2, -0.15) is 0 Å². The van der Waals surface area contributed by atoms with Gasteiger partial charge in [-0.05, 0) is 47.5 Å². The van der Waals surface area contributed by atoms with Gasteiger partial charge in [-0.15, -0.1) is 0 Å². The highest BCUT2D eigenvalue weighted by molar-refractivity contribution is 5.95. The molecule has 4 rings (SSSR count). The van der Waals surface area contributed by atoms with E-state index >= 15 is 0 Å². The molecule has 2 amide bonds. The summed E-state index contributed by atoms with van der Waals surface area (Å²) in [6, 6.07) is 22.8. The molecule has 0 aliphatic carbocycles. The van der Waals surface area contributed by atoms with Crippen LogP contribution in [0.4, 0.5) is 4.39 Å². The molecule has 1 saturated heterocycles. The van der Waals surface area contributed by atoms with Crippen LogP contribution < -0.4 is 10.1 Å². The first-order chi connectivity index (χ1) is 15.5. The lowest BCUT2D eigenvalue weighted by Gasteiger charge is -2.18. The zero-order chi connectivity index (χ0) is 22.5. The number of carbonyl (C=O) groups is 2. The number of amides is 2. The quantitative estimate of drug-likeness (QED) is 0.640. The zero-order valence-electron chi connectivity index (χ0n) is 17.8. The third kappa shape index (κ3) is 4.80. The molecule has 1 fully saturated rings. The van der Waals surface area contributed by atoms with Crippen LogP contribution in [-0.4, -0.2) is 36.9 Å². The summed E-state index contributed by atoms with van der Waals surface area (Å²) in [5, 5.41) is 2.96. The van der Waals surface area contributed by atoms with E-state index in [-0.39, 0.29) is 29.5 Å². The number of likely N-dealkylation sites (tertiary alicyclic amines) is 1. The molecule has 0 unspecified atom stereocenters. The van der Waals surface area contributed by atoms with Gasteiger partial charge in [0.25, 0.3) is 5.91 Å². The first kappa shape index (κ1) is 21.6. The second-order valence-electron chi connectivity index (χ2n) is 7.91. The summed E-state index contributed by atoms with van der Waals surface area (Å²) in [5.41, 5.74) is 2.41. The number of hydrogen-bond donors (Lipinski definition) is 1. The number of rotatable bonds is 6. The molecule has 1 aliphatic heterocycles. The van der Waals surface area contributed by atoms with Gasteiger partial charge in [0.05, 0.1) is 13.0 Å². The Bertz CT molecular complexity index is 1070. The second-order valence-corrected chi connectivity index (χ2v) is 7.91. The van der Waals surface area contributed by atoms with Crippen LogP contribution >= 0.6 is 0 Å². The maximum absolute atomic E-state index is 13.1. The fraction of sp³-hybridized carbons (Fsp3) is 0.231. The van der Waals surface area contributed by atoms with Crippen molar-refractivity contribution in [2.45, 2.75) is 12.5 Å². The number of benzene rings is 3. The molecule has 0 aromatic heterocycles. The molecule has 3 aromatic carbocycles. The third-order valence-corrected chi connectivity index (χ3v) is 5.89. The molecule has 1 N–H and O–H groups in total. The van der Waals surface area contributed by atoms with Crippen molar-refractivity contribution < 1.29 is 18.7 Å². The van der Waals surface area contributed by atoms with Crippen molar-refractivity contribution in [3.63, 3.8) is 0 Å². The van der Waals surface area contributed by atoms with Crippen LogP contribution in [0, 0.1) is 11.7 Å². The fourth-order valence-electron chi connectivity index (χ4n) is 4.11. The van der Waals surface area contributed by atoms with Crippen LogP contribution in [0.15, 0.2) is 78.9 Å². The lowest BCUT2D eigenvalue weighted by Crippen LogP contribution is -2.35. The summed E-state index contributed by atoms with van der Waals surface area (Å²) in [4.78, 5) is 28.0. The molecule has 6 heteroatoms. The number of nitrogens with one attached hydrogen (secondary N) is 1. The number of nitrogens with zero attached hydrogens (tertiary/aromatic N) is 1. The molecule has 1 aliphatic rings. The lowest BCUT2D eigenvalue weighted by molar-refractivity contribution is -0.125. The first-order valence-corrected chi connectivity index (χ1v) is 10.6. The van der Waals surface area contributed by atoms with Crippen LogP contribution in [0.3, 0.4) is 0 Å². The lowest BCUT2D eigenvalue weighted by atomic mass is 9.88. The van der Waals surface area contributed by atoms with Gasteiger partial charge in [-0.1, -0.05) is 42.5 Å². The van der Waals surface area contributed by atoms with Crippen LogP contribution in [0.5, 0.6) is 5.75 Å². The predicted octanol–water partition coefficient (Wildman–Crippen LogP) is 4.01. The monoisotopic (exact) mass is 432 g/mol. The van der Waals surface area contributed by atoms with E-state index in [9.17, 15) is 14.0 Å². The Morgan fingerprint density at radius 1 is 0.969 bits per heavy atom. The Kier molecular flexibility index (Phi) is 6.50. The minimum Gasteiger partial charge on any atom is -0.497 e. The molecule has 1 heterocycles. The Labute approximate surface area is 186 Å². The van der Waals surface area contributed by atoms with Gasteiger partial charge in [0.2, 0.25) is 5.91 Å². The standard InChI is InChI=1S/C26H25FN2O3/c1-32-22-13-9-20(10-14-22)26(31)29-16-23(19-5-3-2-4-6-19)24(17-29)25(30)28-15-18-7-11-21(27)12-8-18/h2-14,23-24H,15-17H2,1H3,(H,28,30)/t23-,24+/m1/s1. The molecule has 32 heavy (non-hydrogen) atoms. The minimum absolute atomic E-state index is 0.105. The SMILES string of the molecule is COc1ccc(C(=O)N2C[C@H](C(=O)NCc3ccc(F)cc3)[C@@H](c3ccccc3)C2)cc1. The first-order valence-electron chi connectivity index (χ1n) is 10.6. The molecule has 5 nitrogen and oxygen atoms in total. The minimum atomic E-state index is -0.375. The maximum atomic E-state index is 13.1. The van der Waals surface area contributed by atoms with Crippen molar-refractivity contribution in [2.75, 3.05) is 20.2 Å². The third-order valence-electron chi connectivity index (χ3n) is 5.89. The van der Waals surface area contributed by atoms with Crippen molar-refractivity contribution >= 4 is 11.8 Å². The number of carbonyl (C=O) groups excluding carboxylic acids is 2. The van der Waals surface area contributed by atoms with E-state index in [1.54, 1.807) is 48.4 Å². The average Bonchev–Trinajstić information content (AvgIpc) is 3.29. The smallest absolute Gasteiger partial charge is 0.253 e. The Morgan fingerprint density at radius 3 is 2.31 bits per heavy atom. The maximum Gasteiger partial charge on any atom is 0.253 e. The van der Waals surface area contributed by atoms with Crippen molar-refractivity contribution in [3.05, 3.63) is 101 Å². The van der Waals surface area contributed by atoms with E-state index in [4.69, 9.17) is 4.74 Å². The number of hydrogen-bond acceptors (Lipinski definition) is 3. The summed E-state index contributed by atoms with van der Waals surface area (Å²) in [6.07, 6.45) is 0. The second kappa shape index (κ2) is 9.64. The van der Waals surface area contributed by atoms with Gasteiger partial charge < -0.3 is 15.0 Å². The van der Waals surface area contributed by atoms with Crippen molar-refractivity contribution in [3.8, 4) is 5.75 Å². The number of ether oxygens (including phenoxy) is 1. The van der Waals surface area contributed by atoms with E-state index in [0.717, 1.165) is 11.1 Å². The summed E-state index contributed by atoms with van der Waals surface area (Å²) < 4.78 is 18.3. The zero-order valence-corrected chi connectivity index (χ0v) is 17.8. The van der Waals surface area contributed by atoms with Gasteiger partial charge in [-0.3, -0.25) is 9.59 Å². The van der Waals surface area contributed by atoms with Crippen LogP contribution in [0.25, 0.3) is 0 Å². The summed E-state index contributed by atoms with van der Waals surface area (Å²) in [6.45, 7) is 1.10. The molecule has 0 radical (unpaired) electrons. The average molecular weight is 432 g/mol. The van der Waals surface area contributed by atoms with Crippen LogP contribution in [0.2, 0.25) is 0 Å². The molecule has 2 atom stereocenters. The van der Waals surface area contributed by atoms with E-state index < -0.39 is 0 Å². The van der Waals surface area contributed by atoms with E-state index in [0.29, 0.717) is 30.9 Å². The Hall–Kier alpha value is -3.67. The highest BCUT2D eigenvalue weighted by Crippen LogP contribution is 2.34. The topological polar surface area (TPSA) is 58.6 Å². The van der Waals surface area contributed by atoms with E-state index in [1.807, 2.05) is 30.3 Å². The van der Waals surface area contributed by atoms with Gasteiger partial charge in [0.1, 0.15) is 11.6 Å². The molecule has 0 spiro atoms. The van der Waals surface area contributed by atoms with Crippen molar-refractivity contribution in [1.29, 1.82) is 0 Å². The fourth-order valence-corrected chi connectivity index (χ4v) is 4.11. The molecular weight excluding hydrogens is 407 g/mol. The molecule has 164 valence electrons. The van der Waals surface area contributed by atoms with Gasteiger partial charge in [0.15, 0.2) is 0 Å². The van der Waals surface area contributed by atoms with Crippen LogP contribution in [-0.2, 0) is 11.3 Å². The Balaban J connectivity index is 1.51. The molecular formula is C26H25FN2O3.